The molecule has 1 aliphatic heterocycles. The number of amides is 1. The Kier molecular flexibility index (Phi) is 5.72. The number of fused-ring (bicyclic) bond motifs is 2. The van der Waals surface area contributed by atoms with E-state index in [1.54, 1.807) is 0 Å². The summed E-state index contributed by atoms with van der Waals surface area (Å²) < 4.78 is 3.35. The van der Waals surface area contributed by atoms with E-state index in [0.29, 0.717) is 30.2 Å². The van der Waals surface area contributed by atoms with Gasteiger partial charge < -0.3 is 9.88 Å². The minimum atomic E-state index is -0.179. The van der Waals surface area contributed by atoms with Gasteiger partial charge in [0.05, 0.1) is 11.8 Å². The van der Waals surface area contributed by atoms with E-state index in [-0.39, 0.29) is 11.5 Å². The summed E-state index contributed by atoms with van der Waals surface area (Å²) in [7, 11) is 1.92. The fourth-order valence-corrected chi connectivity index (χ4v) is 4.15. The van der Waals surface area contributed by atoms with Crippen molar-refractivity contribution < 1.29 is 4.79 Å². The Labute approximate surface area is 176 Å². The lowest BCUT2D eigenvalue weighted by molar-refractivity contribution is 0.0953. The van der Waals surface area contributed by atoms with Crippen molar-refractivity contribution in [3.05, 3.63) is 69.3 Å². The molecule has 3 aromatic rings. The smallest absolute Gasteiger partial charge is 0.279 e. The maximum absolute atomic E-state index is 13.2. The summed E-state index contributed by atoms with van der Waals surface area (Å²) in [6.07, 6.45) is 3.19. The maximum Gasteiger partial charge on any atom is 0.279 e. The van der Waals surface area contributed by atoms with Crippen molar-refractivity contribution >= 4 is 11.6 Å². The van der Waals surface area contributed by atoms with E-state index in [1.165, 1.54) is 16.3 Å². The first-order valence-corrected chi connectivity index (χ1v) is 10.6. The Bertz CT molecular complexity index is 1110. The summed E-state index contributed by atoms with van der Waals surface area (Å²) in [4.78, 5) is 28.2. The molecule has 0 saturated carbocycles. The van der Waals surface area contributed by atoms with Crippen LogP contribution in [0.2, 0.25) is 0 Å². The third-order valence-corrected chi connectivity index (χ3v) is 5.81. The molecule has 7 nitrogen and oxygen atoms in total. The molecule has 4 rings (SSSR count). The minimum Gasteiger partial charge on any atom is -0.352 e. The molecule has 0 aliphatic carbocycles. The van der Waals surface area contributed by atoms with Gasteiger partial charge in [0, 0.05) is 45.3 Å². The van der Waals surface area contributed by atoms with Gasteiger partial charge in [0.25, 0.3) is 11.5 Å². The molecule has 1 amide bonds. The quantitative estimate of drug-likeness (QED) is 0.681. The van der Waals surface area contributed by atoms with Crippen LogP contribution in [0, 0.1) is 5.92 Å². The topological polar surface area (TPSA) is 71.6 Å². The molecular weight excluding hydrogens is 378 g/mol. The van der Waals surface area contributed by atoms with Crippen LogP contribution in [-0.2, 0) is 26.6 Å². The van der Waals surface area contributed by atoms with E-state index in [9.17, 15) is 9.59 Å². The van der Waals surface area contributed by atoms with Crippen LogP contribution in [-0.4, -0.2) is 38.1 Å². The highest BCUT2D eigenvalue weighted by molar-refractivity contribution is 5.99. The third-order valence-electron chi connectivity index (χ3n) is 5.81. The van der Waals surface area contributed by atoms with Gasteiger partial charge in [0.2, 0.25) is 0 Å². The van der Waals surface area contributed by atoms with Crippen molar-refractivity contribution in [3.63, 3.8) is 0 Å². The second-order valence-corrected chi connectivity index (χ2v) is 8.47. The van der Waals surface area contributed by atoms with Crippen molar-refractivity contribution in [1.82, 2.24) is 24.4 Å². The summed E-state index contributed by atoms with van der Waals surface area (Å²) in [5.74, 6) is 0.339. The van der Waals surface area contributed by atoms with Gasteiger partial charge in [-0.2, -0.15) is 9.61 Å². The Hall–Kier alpha value is -2.93. The zero-order chi connectivity index (χ0) is 21.3. The van der Waals surface area contributed by atoms with Crippen molar-refractivity contribution in [2.24, 2.45) is 13.0 Å². The van der Waals surface area contributed by atoms with Crippen LogP contribution in [0.25, 0.3) is 5.65 Å². The average molecular weight is 408 g/mol. The Morgan fingerprint density at radius 2 is 2.00 bits per heavy atom. The molecule has 1 N–H and O–H groups in total. The molecule has 0 spiro atoms. The van der Waals surface area contributed by atoms with Gasteiger partial charge in [-0.15, -0.1) is 0 Å². The summed E-state index contributed by atoms with van der Waals surface area (Å²) in [6, 6.07) is 10.3. The third kappa shape index (κ3) is 3.89. The molecule has 0 bridgehead atoms. The van der Waals surface area contributed by atoms with Gasteiger partial charge in [-0.1, -0.05) is 44.2 Å². The van der Waals surface area contributed by atoms with E-state index in [2.05, 4.69) is 41.3 Å². The molecule has 1 aromatic carbocycles. The normalized spacial score (nSPS) is 14.3. The first-order valence-electron chi connectivity index (χ1n) is 10.6. The summed E-state index contributed by atoms with van der Waals surface area (Å²) >= 11 is 0. The molecule has 30 heavy (non-hydrogen) atoms. The van der Waals surface area contributed by atoms with E-state index in [1.807, 2.05) is 29.8 Å². The molecule has 0 radical (unpaired) electrons. The molecule has 0 atom stereocenters. The van der Waals surface area contributed by atoms with Crippen LogP contribution in [0.1, 0.15) is 47.4 Å². The van der Waals surface area contributed by atoms with Crippen molar-refractivity contribution in [2.75, 3.05) is 13.1 Å². The number of aryl methyl sites for hydroxylation is 1. The van der Waals surface area contributed by atoms with E-state index in [0.717, 1.165) is 37.2 Å². The molecule has 0 unspecified atom stereocenters. The number of nitrogens with zero attached hydrogens (tertiary/aromatic N) is 4. The largest absolute Gasteiger partial charge is 0.352 e. The van der Waals surface area contributed by atoms with Crippen LogP contribution in [0.15, 0.2) is 41.3 Å². The highest BCUT2D eigenvalue weighted by Gasteiger charge is 2.26. The number of nitrogens with one attached hydrogen (secondary N) is 1. The fraction of sp³-hybridized carbons (Fsp3) is 0.435. The maximum atomic E-state index is 13.2. The number of rotatable bonds is 6. The second kappa shape index (κ2) is 8.44. The van der Waals surface area contributed by atoms with Gasteiger partial charge in [-0.05, 0) is 17.9 Å². The first kappa shape index (κ1) is 20.3. The van der Waals surface area contributed by atoms with Crippen LogP contribution in [0.4, 0.5) is 0 Å². The SMILES string of the molecule is CC(C)CCNC(=O)c1cnn2c(=O)c3c(n(C)c12)CCN(Cc1ccccc1)C3. The molecule has 0 fully saturated rings. The van der Waals surface area contributed by atoms with Gasteiger partial charge in [-0.3, -0.25) is 14.5 Å². The lowest BCUT2D eigenvalue weighted by Crippen LogP contribution is -2.38. The lowest BCUT2D eigenvalue weighted by Gasteiger charge is -2.29. The molecule has 3 heterocycles. The summed E-state index contributed by atoms with van der Waals surface area (Å²) in [5, 5.41) is 7.22. The molecule has 1 aliphatic rings. The van der Waals surface area contributed by atoms with E-state index >= 15 is 0 Å². The second-order valence-electron chi connectivity index (χ2n) is 8.47. The molecule has 0 saturated heterocycles. The standard InChI is InChI=1S/C23H29N5O2/c1-16(2)9-11-24-21(29)18-13-25-28-22(18)26(3)20-10-12-27(15-19(20)23(28)30)14-17-7-5-4-6-8-17/h4-8,13,16H,9-12,14-15H2,1-3H3,(H,24,29). The van der Waals surface area contributed by atoms with Crippen LogP contribution in [0.5, 0.6) is 0 Å². The molecule has 2 aromatic heterocycles. The molecule has 158 valence electrons. The van der Waals surface area contributed by atoms with Gasteiger partial charge in [0.1, 0.15) is 5.56 Å². The van der Waals surface area contributed by atoms with Crippen LogP contribution in [0.3, 0.4) is 0 Å². The number of benzene rings is 1. The zero-order valence-corrected chi connectivity index (χ0v) is 17.9. The number of hydrogen-bond donors (Lipinski definition) is 1. The van der Waals surface area contributed by atoms with E-state index in [4.69, 9.17) is 0 Å². The average Bonchev–Trinajstić information content (AvgIpc) is 3.18. The lowest BCUT2D eigenvalue weighted by atomic mass is 10.1. The number of carbonyl (C=O) groups is 1. The van der Waals surface area contributed by atoms with Crippen molar-refractivity contribution in [3.8, 4) is 0 Å². The fourth-order valence-electron chi connectivity index (χ4n) is 4.15. The van der Waals surface area contributed by atoms with Crippen LogP contribution < -0.4 is 10.9 Å². The summed E-state index contributed by atoms with van der Waals surface area (Å²) in [6.45, 7) is 7.13. The number of aromatic nitrogens is 3. The minimum absolute atomic E-state index is 0.128. The predicted molar refractivity (Wildman–Crippen MR) is 116 cm³/mol. The molecular formula is C23H29N5O2. The zero-order valence-electron chi connectivity index (χ0n) is 17.9. The highest BCUT2D eigenvalue weighted by atomic mass is 16.2. The molecule has 7 heteroatoms. The van der Waals surface area contributed by atoms with Gasteiger partial charge in [-0.25, -0.2) is 0 Å². The Morgan fingerprint density at radius 1 is 1.23 bits per heavy atom. The monoisotopic (exact) mass is 407 g/mol. The number of carbonyl (C=O) groups excluding carboxylic acids is 1. The first-order chi connectivity index (χ1) is 14.5. The Morgan fingerprint density at radius 3 is 2.73 bits per heavy atom. The Balaban J connectivity index is 1.62. The van der Waals surface area contributed by atoms with Crippen LogP contribution >= 0.6 is 0 Å². The van der Waals surface area contributed by atoms with Gasteiger partial charge in [0.15, 0.2) is 5.65 Å². The van der Waals surface area contributed by atoms with E-state index < -0.39 is 0 Å². The van der Waals surface area contributed by atoms with Gasteiger partial charge >= 0.3 is 0 Å². The van der Waals surface area contributed by atoms with Crippen molar-refractivity contribution in [2.45, 2.75) is 39.8 Å². The van der Waals surface area contributed by atoms with Crippen molar-refractivity contribution in [1.29, 1.82) is 0 Å². The summed E-state index contributed by atoms with van der Waals surface area (Å²) in [5.41, 5.74) is 3.89. The predicted octanol–water partition coefficient (Wildman–Crippen LogP) is 2.37. The highest BCUT2D eigenvalue weighted by Crippen LogP contribution is 2.21. The number of hydrogen-bond acceptors (Lipinski definition) is 4.